The SMILES string of the molecule is O=C(O)C1CCc2c(C3CCCCC3)n[nH]c2C1. The van der Waals surface area contributed by atoms with E-state index < -0.39 is 5.97 Å². The van der Waals surface area contributed by atoms with E-state index in [0.29, 0.717) is 12.3 Å². The lowest BCUT2D eigenvalue weighted by atomic mass is 9.81. The second-order valence-electron chi connectivity index (χ2n) is 5.68. The molecule has 4 nitrogen and oxygen atoms in total. The number of fused-ring (bicyclic) bond motifs is 1. The van der Waals surface area contributed by atoms with Crippen molar-refractivity contribution in [2.24, 2.45) is 5.92 Å². The van der Waals surface area contributed by atoms with Gasteiger partial charge in [0.15, 0.2) is 0 Å². The van der Waals surface area contributed by atoms with Crippen LogP contribution in [0.25, 0.3) is 0 Å². The zero-order valence-electron chi connectivity index (χ0n) is 10.6. The first kappa shape index (κ1) is 11.8. The molecule has 18 heavy (non-hydrogen) atoms. The molecule has 1 fully saturated rings. The van der Waals surface area contributed by atoms with E-state index in [1.165, 1.54) is 43.4 Å². The maximum atomic E-state index is 11.0. The molecular formula is C14H20N2O2. The second kappa shape index (κ2) is 4.75. The van der Waals surface area contributed by atoms with Gasteiger partial charge in [-0.1, -0.05) is 19.3 Å². The molecule has 0 aromatic carbocycles. The topological polar surface area (TPSA) is 66.0 Å². The predicted octanol–water partition coefficient (Wildman–Crippen LogP) is 2.65. The van der Waals surface area contributed by atoms with Crippen molar-refractivity contribution in [1.82, 2.24) is 10.2 Å². The van der Waals surface area contributed by atoms with Gasteiger partial charge in [-0.25, -0.2) is 0 Å². The minimum atomic E-state index is -0.672. The minimum absolute atomic E-state index is 0.225. The number of aliphatic carboxylic acids is 1. The molecule has 1 heterocycles. The standard InChI is InChI=1S/C14H20N2O2/c17-14(18)10-6-7-11-12(8-10)15-16-13(11)9-4-2-1-3-5-9/h9-10H,1-8H2,(H,15,16)(H,17,18). The fourth-order valence-corrected chi connectivity index (χ4v) is 3.46. The van der Waals surface area contributed by atoms with Crippen molar-refractivity contribution in [3.05, 3.63) is 17.0 Å². The molecule has 2 N–H and O–H groups in total. The molecule has 3 rings (SSSR count). The Hall–Kier alpha value is -1.32. The third-order valence-corrected chi connectivity index (χ3v) is 4.52. The van der Waals surface area contributed by atoms with E-state index in [0.717, 1.165) is 18.5 Å². The van der Waals surface area contributed by atoms with E-state index in [9.17, 15) is 4.79 Å². The molecule has 0 saturated heterocycles. The molecule has 0 spiro atoms. The van der Waals surface area contributed by atoms with Gasteiger partial charge in [0.2, 0.25) is 0 Å². The van der Waals surface area contributed by atoms with Crippen molar-refractivity contribution < 1.29 is 9.90 Å². The van der Waals surface area contributed by atoms with Gasteiger partial charge in [-0.3, -0.25) is 9.89 Å². The summed E-state index contributed by atoms with van der Waals surface area (Å²) in [4.78, 5) is 11.0. The van der Waals surface area contributed by atoms with Crippen LogP contribution in [0, 0.1) is 5.92 Å². The smallest absolute Gasteiger partial charge is 0.306 e. The molecule has 98 valence electrons. The van der Waals surface area contributed by atoms with Crippen LogP contribution in [-0.2, 0) is 17.6 Å². The molecule has 1 aromatic heterocycles. The Labute approximate surface area is 107 Å². The molecular weight excluding hydrogens is 228 g/mol. The number of nitrogens with zero attached hydrogens (tertiary/aromatic N) is 1. The lowest BCUT2D eigenvalue weighted by molar-refractivity contribution is -0.142. The van der Waals surface area contributed by atoms with Crippen molar-refractivity contribution in [2.45, 2.75) is 57.3 Å². The van der Waals surface area contributed by atoms with E-state index in [-0.39, 0.29) is 5.92 Å². The third-order valence-electron chi connectivity index (χ3n) is 4.52. The van der Waals surface area contributed by atoms with Gasteiger partial charge < -0.3 is 5.11 Å². The highest BCUT2D eigenvalue weighted by Crippen LogP contribution is 2.37. The molecule has 0 amide bonds. The van der Waals surface area contributed by atoms with Gasteiger partial charge in [-0.05, 0) is 31.2 Å². The summed E-state index contributed by atoms with van der Waals surface area (Å²) in [7, 11) is 0. The fourth-order valence-electron chi connectivity index (χ4n) is 3.46. The number of hydrogen-bond acceptors (Lipinski definition) is 2. The highest BCUT2D eigenvalue weighted by Gasteiger charge is 2.30. The number of carboxylic acids is 1. The molecule has 1 saturated carbocycles. The summed E-state index contributed by atoms with van der Waals surface area (Å²) >= 11 is 0. The van der Waals surface area contributed by atoms with Crippen LogP contribution < -0.4 is 0 Å². The van der Waals surface area contributed by atoms with E-state index in [1.54, 1.807) is 0 Å². The Morgan fingerprint density at radius 2 is 2.00 bits per heavy atom. The lowest BCUT2D eigenvalue weighted by Crippen LogP contribution is -2.22. The zero-order valence-corrected chi connectivity index (χ0v) is 10.6. The Kier molecular flexibility index (Phi) is 3.10. The van der Waals surface area contributed by atoms with E-state index in [4.69, 9.17) is 5.11 Å². The minimum Gasteiger partial charge on any atom is -0.481 e. The van der Waals surface area contributed by atoms with Gasteiger partial charge in [0.1, 0.15) is 0 Å². The summed E-state index contributed by atoms with van der Waals surface area (Å²) in [6.07, 6.45) is 8.75. The van der Waals surface area contributed by atoms with Gasteiger partial charge in [-0.2, -0.15) is 5.10 Å². The van der Waals surface area contributed by atoms with Crippen molar-refractivity contribution in [3.63, 3.8) is 0 Å². The largest absolute Gasteiger partial charge is 0.481 e. The number of aromatic nitrogens is 2. The monoisotopic (exact) mass is 248 g/mol. The number of aromatic amines is 1. The van der Waals surface area contributed by atoms with Gasteiger partial charge in [0, 0.05) is 18.0 Å². The molecule has 4 heteroatoms. The highest BCUT2D eigenvalue weighted by atomic mass is 16.4. The van der Waals surface area contributed by atoms with E-state index in [2.05, 4.69) is 10.2 Å². The van der Waals surface area contributed by atoms with Crippen molar-refractivity contribution in [1.29, 1.82) is 0 Å². The maximum Gasteiger partial charge on any atom is 0.306 e. The van der Waals surface area contributed by atoms with Crippen LogP contribution in [0.5, 0.6) is 0 Å². The molecule has 1 unspecified atom stereocenters. The Bertz CT molecular complexity index is 447. The zero-order chi connectivity index (χ0) is 12.5. The predicted molar refractivity (Wildman–Crippen MR) is 67.6 cm³/mol. The van der Waals surface area contributed by atoms with Crippen LogP contribution in [0.1, 0.15) is 61.4 Å². The second-order valence-corrected chi connectivity index (χ2v) is 5.68. The normalized spacial score (nSPS) is 24.8. The quantitative estimate of drug-likeness (QED) is 0.845. The fraction of sp³-hybridized carbons (Fsp3) is 0.714. The molecule has 1 aromatic rings. The number of hydrogen-bond donors (Lipinski definition) is 2. The van der Waals surface area contributed by atoms with Gasteiger partial charge in [0.05, 0.1) is 11.6 Å². The molecule has 0 bridgehead atoms. The van der Waals surface area contributed by atoms with Gasteiger partial charge >= 0.3 is 5.97 Å². The van der Waals surface area contributed by atoms with Crippen LogP contribution in [0.2, 0.25) is 0 Å². The lowest BCUT2D eigenvalue weighted by Gasteiger charge is -2.23. The summed E-state index contributed by atoms with van der Waals surface area (Å²) in [6.45, 7) is 0. The van der Waals surface area contributed by atoms with E-state index in [1.807, 2.05) is 0 Å². The summed E-state index contributed by atoms with van der Waals surface area (Å²) < 4.78 is 0. The van der Waals surface area contributed by atoms with Crippen LogP contribution in [0.3, 0.4) is 0 Å². The Balaban J connectivity index is 1.81. The van der Waals surface area contributed by atoms with Gasteiger partial charge in [-0.15, -0.1) is 0 Å². The number of carbonyl (C=O) groups is 1. The van der Waals surface area contributed by atoms with E-state index >= 15 is 0 Å². The average Bonchev–Trinajstić information content (AvgIpc) is 2.82. The molecule has 0 aliphatic heterocycles. The number of rotatable bonds is 2. The number of carboxylic acid groups (broad SMARTS) is 1. The number of nitrogens with one attached hydrogen (secondary N) is 1. The molecule has 2 aliphatic carbocycles. The highest BCUT2D eigenvalue weighted by molar-refractivity contribution is 5.70. The maximum absolute atomic E-state index is 11.0. The van der Waals surface area contributed by atoms with Crippen molar-refractivity contribution in [3.8, 4) is 0 Å². The first-order valence-electron chi connectivity index (χ1n) is 7.04. The van der Waals surface area contributed by atoms with Crippen molar-refractivity contribution in [2.75, 3.05) is 0 Å². The van der Waals surface area contributed by atoms with Crippen LogP contribution in [-0.4, -0.2) is 21.3 Å². The Morgan fingerprint density at radius 3 is 2.72 bits per heavy atom. The summed E-state index contributed by atoms with van der Waals surface area (Å²) in [5.74, 6) is -0.285. The van der Waals surface area contributed by atoms with Crippen LogP contribution >= 0.6 is 0 Å². The molecule has 1 atom stereocenters. The Morgan fingerprint density at radius 1 is 1.22 bits per heavy atom. The molecule has 0 radical (unpaired) electrons. The average molecular weight is 248 g/mol. The van der Waals surface area contributed by atoms with Crippen LogP contribution in [0.4, 0.5) is 0 Å². The number of H-pyrrole nitrogens is 1. The van der Waals surface area contributed by atoms with Gasteiger partial charge in [0.25, 0.3) is 0 Å². The third kappa shape index (κ3) is 2.04. The first-order chi connectivity index (χ1) is 8.75. The molecule has 2 aliphatic rings. The van der Waals surface area contributed by atoms with Crippen LogP contribution in [0.15, 0.2) is 0 Å². The summed E-state index contributed by atoms with van der Waals surface area (Å²) in [6, 6.07) is 0. The van der Waals surface area contributed by atoms with Crippen molar-refractivity contribution >= 4 is 5.97 Å². The summed E-state index contributed by atoms with van der Waals surface area (Å²) in [5.41, 5.74) is 3.65. The summed E-state index contributed by atoms with van der Waals surface area (Å²) in [5, 5.41) is 16.7. The first-order valence-corrected chi connectivity index (χ1v) is 7.04.